The van der Waals surface area contributed by atoms with Crippen molar-refractivity contribution in [1.82, 2.24) is 0 Å². The van der Waals surface area contributed by atoms with Crippen LogP contribution in [0.3, 0.4) is 0 Å². The second-order valence-electron chi connectivity index (χ2n) is 1.56. The van der Waals surface area contributed by atoms with Crippen LogP contribution in [-0.2, 0) is 9.16 Å². The minimum absolute atomic E-state index is 0.125. The summed E-state index contributed by atoms with van der Waals surface area (Å²) in [6.07, 6.45) is -1.84. The average Bonchev–Trinajstić information content (AvgIpc) is 2.36. The van der Waals surface area contributed by atoms with Crippen molar-refractivity contribution in [3.63, 3.8) is 0 Å². The summed E-state index contributed by atoms with van der Waals surface area (Å²) in [6.45, 7) is 0.662. The van der Waals surface area contributed by atoms with Crippen LogP contribution in [0.4, 0.5) is 8.78 Å². The Hall–Kier alpha value is -0.450. The van der Waals surface area contributed by atoms with E-state index < -0.39 is 10.6 Å². The van der Waals surface area contributed by atoms with E-state index in [1.165, 1.54) is 0 Å². The van der Waals surface area contributed by atoms with Gasteiger partial charge in [-0.05, 0) is 15.9 Å². The number of rotatable bonds is 1. The van der Waals surface area contributed by atoms with E-state index in [-0.39, 0.29) is 5.97 Å². The molecule has 56 valence electrons. The third kappa shape index (κ3) is 1.53. The van der Waals surface area contributed by atoms with Gasteiger partial charge >= 0.3 is 5.97 Å². The van der Waals surface area contributed by atoms with E-state index in [2.05, 4.69) is 25.1 Å². The van der Waals surface area contributed by atoms with Crippen LogP contribution < -0.4 is 0 Å². The molecule has 0 amide bonds. The number of hydrogen-bond donors (Lipinski definition) is 0. The van der Waals surface area contributed by atoms with E-state index in [0.29, 0.717) is 13.2 Å². The lowest BCUT2D eigenvalue weighted by molar-refractivity contribution is -0.444. The molecule has 5 heteroatoms. The summed E-state index contributed by atoms with van der Waals surface area (Å²) in [7, 11) is 0. The molecule has 1 rings (SSSR count). The van der Waals surface area contributed by atoms with Gasteiger partial charge in [-0.2, -0.15) is 8.78 Å². The van der Waals surface area contributed by atoms with Gasteiger partial charge in [-0.15, -0.1) is 0 Å². The maximum Gasteiger partial charge on any atom is 0.533 e. The predicted molar refractivity (Wildman–Crippen MR) is 34.0 cm³/mol. The fourth-order valence-electron chi connectivity index (χ4n) is 0.514. The zero-order valence-corrected chi connectivity index (χ0v) is 6.45. The lowest BCUT2D eigenvalue weighted by Gasteiger charge is -1.82. The van der Waals surface area contributed by atoms with Crippen molar-refractivity contribution in [1.29, 1.82) is 0 Å². The molecule has 0 aromatic rings. The molecule has 0 N–H and O–H groups in total. The van der Waals surface area contributed by atoms with Crippen molar-refractivity contribution in [3.05, 3.63) is 10.6 Å². The van der Waals surface area contributed by atoms with Crippen LogP contribution in [0.5, 0.6) is 0 Å². The van der Waals surface area contributed by atoms with E-state index in [4.69, 9.17) is 0 Å². The summed E-state index contributed by atoms with van der Waals surface area (Å²) < 4.78 is 32.4. The average molecular weight is 214 g/mol. The maximum atomic E-state index is 11.7. The molecule has 0 unspecified atom stereocenters. The summed E-state index contributed by atoms with van der Waals surface area (Å²) in [5.41, 5.74) is 0. The lowest BCUT2D eigenvalue weighted by atomic mass is 10.6. The van der Waals surface area contributed by atoms with Crippen molar-refractivity contribution < 1.29 is 17.9 Å². The quantitative estimate of drug-likeness (QED) is 0.368. The fourth-order valence-corrected chi connectivity index (χ4v) is 0.743. The molecule has 10 heavy (non-hydrogen) atoms. The third-order valence-electron chi connectivity index (χ3n) is 0.895. The Bertz CT molecular complexity index is 196. The minimum atomic E-state index is -1.84. The first-order valence-corrected chi connectivity index (χ1v) is 3.35. The summed E-state index contributed by atoms with van der Waals surface area (Å²) in [5.74, 6) is -0.125. The third-order valence-corrected chi connectivity index (χ3v) is 1.52. The Balaban J connectivity index is 2.74. The SMILES string of the molecule is FC(F)=C(Br)C1=[O+]CCO1. The molecule has 0 bridgehead atoms. The van der Waals surface area contributed by atoms with Gasteiger partial charge in [-0.1, -0.05) is 0 Å². The Morgan fingerprint density at radius 2 is 2.30 bits per heavy atom. The van der Waals surface area contributed by atoms with Crippen molar-refractivity contribution in [2.45, 2.75) is 0 Å². The lowest BCUT2D eigenvalue weighted by Crippen LogP contribution is -1.99. The van der Waals surface area contributed by atoms with Crippen LogP contribution in [0.15, 0.2) is 10.6 Å². The van der Waals surface area contributed by atoms with Crippen LogP contribution >= 0.6 is 15.9 Å². The maximum absolute atomic E-state index is 11.7. The van der Waals surface area contributed by atoms with Gasteiger partial charge in [-0.25, -0.2) is 0 Å². The first kappa shape index (κ1) is 7.65. The molecule has 0 spiro atoms. The molecule has 1 heterocycles. The number of carbonyl (C=O) groups excluding carboxylic acids is 1. The van der Waals surface area contributed by atoms with E-state index in [9.17, 15) is 8.78 Å². The molecule has 0 fully saturated rings. The fraction of sp³-hybridized carbons (Fsp3) is 0.400. The highest BCUT2D eigenvalue weighted by Gasteiger charge is 2.29. The Labute approximate surface area is 64.3 Å². The van der Waals surface area contributed by atoms with Crippen LogP contribution in [0, 0.1) is 0 Å². The van der Waals surface area contributed by atoms with Crippen LogP contribution in [0.2, 0.25) is 0 Å². The number of esters is 1. The molecular formula is C5H4BrF2O2+. The first-order chi connectivity index (χ1) is 4.72. The molecule has 1 aliphatic rings. The Morgan fingerprint density at radius 3 is 2.70 bits per heavy atom. The molecule has 0 saturated carbocycles. The largest absolute Gasteiger partial charge is 0.533 e. The monoisotopic (exact) mass is 213 g/mol. The van der Waals surface area contributed by atoms with E-state index in [1.54, 1.807) is 0 Å². The van der Waals surface area contributed by atoms with Gasteiger partial charge in [-0.3, -0.25) is 0 Å². The summed E-state index contributed by atoms with van der Waals surface area (Å²) in [6, 6.07) is 0. The number of cyclic esters (lactones) is 1. The topological polar surface area (TPSA) is 20.5 Å². The van der Waals surface area contributed by atoms with Gasteiger partial charge in [0, 0.05) is 0 Å². The molecule has 0 atom stereocenters. The Morgan fingerprint density at radius 1 is 1.60 bits per heavy atom. The van der Waals surface area contributed by atoms with Gasteiger partial charge in [0.25, 0.3) is 6.08 Å². The van der Waals surface area contributed by atoms with Crippen LogP contribution in [0.25, 0.3) is 0 Å². The van der Waals surface area contributed by atoms with Crippen LogP contribution in [-0.4, -0.2) is 19.2 Å². The summed E-state index contributed by atoms with van der Waals surface area (Å²) in [4.78, 5) is 0. The molecule has 0 aromatic heterocycles. The standard InChI is InChI=1S/C5H4BrF2O2/c6-3(4(7)8)5-9-1-2-10-5/h1-2H2/q+1. The highest BCUT2D eigenvalue weighted by molar-refractivity contribution is 9.12. The predicted octanol–water partition coefficient (Wildman–Crippen LogP) is 1.58. The number of halogens is 3. The molecule has 1 aliphatic heterocycles. The van der Waals surface area contributed by atoms with E-state index in [0.717, 1.165) is 0 Å². The minimum Gasteiger partial charge on any atom is -0.311 e. The smallest absolute Gasteiger partial charge is 0.311 e. The van der Waals surface area contributed by atoms with E-state index >= 15 is 0 Å². The van der Waals surface area contributed by atoms with Gasteiger partial charge in [0.2, 0.25) is 17.7 Å². The zero-order chi connectivity index (χ0) is 7.56. The Kier molecular flexibility index (Phi) is 2.37. The highest BCUT2D eigenvalue weighted by Crippen LogP contribution is 2.17. The second kappa shape index (κ2) is 3.09. The molecular weight excluding hydrogens is 210 g/mol. The highest BCUT2D eigenvalue weighted by atomic mass is 79.9. The van der Waals surface area contributed by atoms with Gasteiger partial charge in [0.15, 0.2) is 0 Å². The zero-order valence-electron chi connectivity index (χ0n) is 4.86. The van der Waals surface area contributed by atoms with Gasteiger partial charge in [0.05, 0.1) is 0 Å². The summed E-state index contributed by atoms with van der Waals surface area (Å²) >= 11 is 2.61. The number of ether oxygens (including phenoxy) is 1. The molecule has 0 radical (unpaired) electrons. The second-order valence-corrected chi connectivity index (χ2v) is 2.35. The van der Waals surface area contributed by atoms with Crippen molar-refractivity contribution in [2.24, 2.45) is 0 Å². The first-order valence-electron chi connectivity index (χ1n) is 2.55. The molecule has 2 nitrogen and oxygen atoms in total. The van der Waals surface area contributed by atoms with Crippen LogP contribution in [0.1, 0.15) is 0 Å². The van der Waals surface area contributed by atoms with Crippen molar-refractivity contribution in [2.75, 3.05) is 13.2 Å². The number of hydrogen-bond acceptors (Lipinski definition) is 1. The van der Waals surface area contributed by atoms with Crippen molar-refractivity contribution in [3.8, 4) is 0 Å². The van der Waals surface area contributed by atoms with Gasteiger partial charge < -0.3 is 9.16 Å². The molecule has 0 aromatic carbocycles. The van der Waals surface area contributed by atoms with Crippen molar-refractivity contribution >= 4 is 21.9 Å². The van der Waals surface area contributed by atoms with Gasteiger partial charge in [0.1, 0.15) is 0 Å². The normalized spacial score (nSPS) is 16.1. The van der Waals surface area contributed by atoms with E-state index in [1.807, 2.05) is 0 Å². The molecule has 0 saturated heterocycles. The summed E-state index contributed by atoms with van der Waals surface area (Å²) in [5, 5.41) is 0. The molecule has 0 aliphatic carbocycles.